The Hall–Kier alpha value is -1.16. The number of fused-ring (bicyclic) bond motifs is 5. The summed E-state index contributed by atoms with van der Waals surface area (Å²) in [5.74, 6) is 1.85. The molecule has 0 aromatic carbocycles. The van der Waals surface area contributed by atoms with Crippen molar-refractivity contribution in [2.45, 2.75) is 123 Å². The fourth-order valence-corrected chi connectivity index (χ4v) is 8.25. The average Bonchev–Trinajstić information content (AvgIpc) is 3.14. The third-order valence-electron chi connectivity index (χ3n) is 10.1. The molecule has 1 N–H and O–H groups in total. The van der Waals surface area contributed by atoms with Gasteiger partial charge < -0.3 is 9.84 Å². The van der Waals surface area contributed by atoms with E-state index < -0.39 is 0 Å². The third kappa shape index (κ3) is 4.83. The second kappa shape index (κ2) is 10.6. The zero-order valence-corrected chi connectivity index (χ0v) is 21.1. The van der Waals surface area contributed by atoms with Crippen molar-refractivity contribution in [2.75, 3.05) is 6.61 Å². The summed E-state index contributed by atoms with van der Waals surface area (Å²) in [7, 11) is 0. The highest BCUT2D eigenvalue weighted by Crippen LogP contribution is 2.65. The molecule has 0 saturated heterocycles. The topological polar surface area (TPSA) is 63.6 Å². The number of hydrogen-bond acceptors (Lipinski definition) is 4. The maximum absolute atomic E-state index is 12.7. The van der Waals surface area contributed by atoms with Crippen molar-refractivity contribution in [3.05, 3.63) is 11.6 Å². The molecule has 0 bridgehead atoms. The van der Waals surface area contributed by atoms with Gasteiger partial charge in [-0.2, -0.15) is 0 Å². The van der Waals surface area contributed by atoms with Gasteiger partial charge in [-0.05, 0) is 75.2 Å². The summed E-state index contributed by atoms with van der Waals surface area (Å²) in [6.45, 7) is 4.78. The standard InChI is InChI=1S/C29H46O4/c1-3-4-5-6-7-8-9-10-27(32)33-26-14-13-24-23-12-11-21-19-22(31)15-18-29(21,20-30)25(23)16-17-28(24,26)2/h19,23-26,30H,3-18,20H2,1-2H3/t23-,24-,25-,26-,28-,29+/m0/s1. The van der Waals surface area contributed by atoms with Crippen LogP contribution in [0.4, 0.5) is 0 Å². The van der Waals surface area contributed by atoms with Crippen molar-refractivity contribution in [3.8, 4) is 0 Å². The van der Waals surface area contributed by atoms with E-state index in [1.54, 1.807) is 0 Å². The van der Waals surface area contributed by atoms with Gasteiger partial charge in [0.25, 0.3) is 0 Å². The monoisotopic (exact) mass is 458 g/mol. The highest BCUT2D eigenvalue weighted by Gasteiger charge is 2.60. The van der Waals surface area contributed by atoms with Crippen LogP contribution in [0, 0.1) is 28.6 Å². The van der Waals surface area contributed by atoms with E-state index in [2.05, 4.69) is 13.8 Å². The van der Waals surface area contributed by atoms with Gasteiger partial charge in [0.2, 0.25) is 0 Å². The van der Waals surface area contributed by atoms with E-state index in [1.165, 1.54) is 37.7 Å². The summed E-state index contributed by atoms with van der Waals surface area (Å²) >= 11 is 0. The summed E-state index contributed by atoms with van der Waals surface area (Å²) in [5, 5.41) is 10.5. The number of ketones is 1. The van der Waals surface area contributed by atoms with Crippen LogP contribution in [0.15, 0.2) is 11.6 Å². The van der Waals surface area contributed by atoms with Gasteiger partial charge >= 0.3 is 5.97 Å². The SMILES string of the molecule is CCCCCCCCCC(=O)O[C@H]1CC[C@H]2[C@@H]3CCC4=CC(=O)CC[C@]4(CO)[C@H]3CC[C@]12C. The Balaban J connectivity index is 1.33. The molecule has 0 unspecified atom stereocenters. The molecule has 3 fully saturated rings. The Morgan fingerprint density at radius 2 is 1.76 bits per heavy atom. The van der Waals surface area contributed by atoms with Gasteiger partial charge in [-0.3, -0.25) is 9.59 Å². The number of hydrogen-bond donors (Lipinski definition) is 1. The molecule has 0 heterocycles. The van der Waals surface area contributed by atoms with E-state index in [9.17, 15) is 14.7 Å². The van der Waals surface area contributed by atoms with Crippen LogP contribution in [0.1, 0.15) is 117 Å². The van der Waals surface area contributed by atoms with Crippen molar-refractivity contribution < 1.29 is 19.4 Å². The highest BCUT2D eigenvalue weighted by molar-refractivity contribution is 5.91. The molecule has 4 aliphatic carbocycles. The average molecular weight is 459 g/mol. The fourth-order valence-electron chi connectivity index (χ4n) is 8.25. The number of esters is 1. The molecule has 4 nitrogen and oxygen atoms in total. The molecule has 0 aliphatic heterocycles. The van der Waals surface area contributed by atoms with Crippen molar-refractivity contribution in [3.63, 3.8) is 0 Å². The summed E-state index contributed by atoms with van der Waals surface area (Å²) in [6, 6.07) is 0. The normalized spacial score (nSPS) is 37.7. The van der Waals surface area contributed by atoms with E-state index in [-0.39, 0.29) is 35.3 Å². The molecule has 6 atom stereocenters. The van der Waals surface area contributed by atoms with E-state index in [4.69, 9.17) is 4.74 Å². The summed E-state index contributed by atoms with van der Waals surface area (Å²) in [6.07, 6.45) is 18.7. The molecular formula is C29H46O4. The fraction of sp³-hybridized carbons (Fsp3) is 0.862. The molecule has 0 amide bonds. The van der Waals surface area contributed by atoms with Gasteiger partial charge in [0.1, 0.15) is 6.10 Å². The molecule has 33 heavy (non-hydrogen) atoms. The second-order valence-electron chi connectivity index (χ2n) is 11.8. The molecule has 0 spiro atoms. The minimum absolute atomic E-state index is 0.00374. The van der Waals surface area contributed by atoms with E-state index in [1.807, 2.05) is 6.08 Å². The molecule has 4 rings (SSSR count). The molecule has 186 valence electrons. The smallest absolute Gasteiger partial charge is 0.306 e. The first kappa shape index (κ1) is 24.9. The minimum Gasteiger partial charge on any atom is -0.462 e. The lowest BCUT2D eigenvalue weighted by atomic mass is 9.47. The van der Waals surface area contributed by atoms with E-state index in [0.29, 0.717) is 30.6 Å². The first-order valence-electron chi connectivity index (χ1n) is 14.0. The second-order valence-corrected chi connectivity index (χ2v) is 11.8. The molecule has 4 aliphatic rings. The van der Waals surface area contributed by atoms with Gasteiger partial charge in [-0.15, -0.1) is 0 Å². The lowest BCUT2D eigenvalue weighted by molar-refractivity contribution is -0.160. The Bertz CT molecular complexity index is 742. The van der Waals surface area contributed by atoms with Crippen LogP contribution in [-0.4, -0.2) is 29.6 Å². The predicted molar refractivity (Wildman–Crippen MR) is 131 cm³/mol. The Morgan fingerprint density at radius 1 is 1.00 bits per heavy atom. The van der Waals surface area contributed by atoms with Crippen molar-refractivity contribution in [1.29, 1.82) is 0 Å². The maximum Gasteiger partial charge on any atom is 0.306 e. The molecule has 3 saturated carbocycles. The minimum atomic E-state index is -0.177. The van der Waals surface area contributed by atoms with Crippen LogP contribution >= 0.6 is 0 Å². The van der Waals surface area contributed by atoms with Crippen LogP contribution in [0.3, 0.4) is 0 Å². The van der Waals surface area contributed by atoms with Crippen LogP contribution in [0.2, 0.25) is 0 Å². The van der Waals surface area contributed by atoms with Gasteiger partial charge in [-0.25, -0.2) is 0 Å². The zero-order chi connectivity index (χ0) is 23.5. The third-order valence-corrected chi connectivity index (χ3v) is 10.1. The van der Waals surface area contributed by atoms with Gasteiger partial charge in [0.05, 0.1) is 6.61 Å². The van der Waals surface area contributed by atoms with Gasteiger partial charge in [-0.1, -0.05) is 57.9 Å². The zero-order valence-electron chi connectivity index (χ0n) is 21.1. The summed E-state index contributed by atoms with van der Waals surface area (Å²) in [5.41, 5.74) is 1.12. The number of aliphatic hydroxyl groups excluding tert-OH is 1. The predicted octanol–water partition coefficient (Wildman–Crippen LogP) is 6.54. The number of aliphatic hydroxyl groups is 1. The molecular weight excluding hydrogens is 412 g/mol. The van der Waals surface area contributed by atoms with Gasteiger partial charge in [0.15, 0.2) is 5.78 Å². The van der Waals surface area contributed by atoms with Crippen molar-refractivity contribution in [2.24, 2.45) is 28.6 Å². The Labute approximate surface area is 200 Å². The highest BCUT2D eigenvalue weighted by atomic mass is 16.5. The summed E-state index contributed by atoms with van der Waals surface area (Å²) in [4.78, 5) is 24.7. The molecule has 4 heteroatoms. The molecule has 0 aromatic rings. The number of carbonyl (C=O) groups excluding carboxylic acids is 2. The first-order valence-corrected chi connectivity index (χ1v) is 14.0. The van der Waals surface area contributed by atoms with E-state index >= 15 is 0 Å². The van der Waals surface area contributed by atoms with Crippen molar-refractivity contribution >= 4 is 11.8 Å². The number of unbranched alkanes of at least 4 members (excludes halogenated alkanes) is 6. The summed E-state index contributed by atoms with van der Waals surface area (Å²) < 4.78 is 6.14. The van der Waals surface area contributed by atoms with Crippen molar-refractivity contribution in [1.82, 2.24) is 0 Å². The van der Waals surface area contributed by atoms with Crippen LogP contribution in [0.5, 0.6) is 0 Å². The largest absolute Gasteiger partial charge is 0.462 e. The number of carbonyl (C=O) groups is 2. The Kier molecular flexibility index (Phi) is 8.03. The van der Waals surface area contributed by atoms with Crippen LogP contribution in [0.25, 0.3) is 0 Å². The molecule has 0 radical (unpaired) electrons. The molecule has 0 aromatic heterocycles. The quantitative estimate of drug-likeness (QED) is 0.298. The van der Waals surface area contributed by atoms with E-state index in [0.717, 1.165) is 57.8 Å². The first-order chi connectivity index (χ1) is 15.9. The lowest BCUT2D eigenvalue weighted by Crippen LogP contribution is -2.53. The Morgan fingerprint density at radius 3 is 2.52 bits per heavy atom. The number of rotatable bonds is 10. The van der Waals surface area contributed by atoms with Crippen LogP contribution < -0.4 is 0 Å². The maximum atomic E-state index is 12.7. The lowest BCUT2D eigenvalue weighted by Gasteiger charge is -2.58. The number of ether oxygens (including phenoxy) is 1. The van der Waals surface area contributed by atoms with Crippen LogP contribution in [-0.2, 0) is 14.3 Å². The van der Waals surface area contributed by atoms with Gasteiger partial charge in [0, 0.05) is 23.7 Å².